The van der Waals surface area contributed by atoms with Gasteiger partial charge in [-0.3, -0.25) is 9.59 Å². The van der Waals surface area contributed by atoms with Crippen LogP contribution in [0.3, 0.4) is 0 Å². The fourth-order valence-electron chi connectivity index (χ4n) is 2.77. The summed E-state index contributed by atoms with van der Waals surface area (Å²) < 4.78 is 7.55. The Balaban J connectivity index is 0.000000567. The van der Waals surface area contributed by atoms with E-state index >= 15 is 0 Å². The van der Waals surface area contributed by atoms with E-state index in [2.05, 4.69) is 12.2 Å². The molecule has 5 heteroatoms. The Morgan fingerprint density at radius 2 is 1.67 bits per heavy atom. The first-order valence-corrected chi connectivity index (χ1v) is 11.4. The van der Waals surface area contributed by atoms with Crippen LogP contribution in [0.5, 0.6) is 11.5 Å². The lowest BCUT2D eigenvalue weighted by Crippen LogP contribution is -2.25. The van der Waals surface area contributed by atoms with Crippen LogP contribution in [0.1, 0.15) is 55.2 Å². The normalized spacial score (nSPS) is 12.5. The molecule has 33 heavy (non-hydrogen) atoms. The molecule has 1 amide bonds. The van der Waals surface area contributed by atoms with Gasteiger partial charge in [0.15, 0.2) is 6.29 Å². The second-order valence-electron chi connectivity index (χ2n) is 7.80. The van der Waals surface area contributed by atoms with Gasteiger partial charge in [-0.25, -0.2) is 0 Å². The second kappa shape index (κ2) is 13.1. The number of allylic oxidation sites excluding steroid dienone is 1. The van der Waals surface area contributed by atoms with Gasteiger partial charge >= 0.3 is 0 Å². The van der Waals surface area contributed by atoms with Crippen LogP contribution in [0.2, 0.25) is 0 Å². The van der Waals surface area contributed by atoms with E-state index in [9.17, 15) is 9.59 Å². The second-order valence-corrected chi connectivity index (χ2v) is 7.80. The van der Waals surface area contributed by atoms with E-state index in [1.165, 1.54) is 12.8 Å². The number of aldehydes is 1. The van der Waals surface area contributed by atoms with Crippen molar-refractivity contribution in [3.63, 3.8) is 0 Å². The molecule has 0 aliphatic heterocycles. The molecule has 1 saturated carbocycles. The molecular weight excluding hydrogens is 412 g/mol. The summed E-state index contributed by atoms with van der Waals surface area (Å²) in [6.45, 7) is 8.26. The van der Waals surface area contributed by atoms with Crippen LogP contribution in [0.15, 0.2) is 72.6 Å². The monoisotopic (exact) mass is 446 g/mol. The highest BCUT2D eigenvalue weighted by atomic mass is 16.5. The number of benzene rings is 2. The van der Waals surface area contributed by atoms with Crippen molar-refractivity contribution in [2.24, 2.45) is 13.0 Å². The smallest absolute Gasteiger partial charge is 0.272 e. The number of hydrogen-bond acceptors (Lipinski definition) is 3. The Labute approximate surface area is 197 Å². The first-order valence-electron chi connectivity index (χ1n) is 11.4. The van der Waals surface area contributed by atoms with E-state index in [0.29, 0.717) is 17.7 Å². The fraction of sp³-hybridized carbons (Fsp3) is 0.286. The van der Waals surface area contributed by atoms with Crippen LogP contribution in [0, 0.1) is 12.8 Å². The average Bonchev–Trinajstić information content (AvgIpc) is 3.49. The first-order chi connectivity index (χ1) is 16.0. The highest BCUT2D eigenvalue weighted by molar-refractivity contribution is 5.98. The topological polar surface area (TPSA) is 60.3 Å². The molecule has 0 unspecified atom stereocenters. The summed E-state index contributed by atoms with van der Waals surface area (Å²) in [4.78, 5) is 23.6. The van der Waals surface area contributed by atoms with Gasteiger partial charge in [0.2, 0.25) is 0 Å². The van der Waals surface area contributed by atoms with E-state index in [0.717, 1.165) is 22.8 Å². The Morgan fingerprint density at radius 3 is 2.18 bits per heavy atom. The van der Waals surface area contributed by atoms with Crippen molar-refractivity contribution in [3.05, 3.63) is 89.4 Å². The standard InChI is InChI=1S/C22H20N2O3.C4H8.C2H6/c1-16-6-3-4-8-21(16)27-19-11-9-17(10-12-19)14-18(15-25)23-22(26)20-7-5-13-24(20)2;1-4-2-3-4;1-2/h3-15H,1-2H3,(H,23,26);4H,2-3H2,1H3;1-2H3/b18-14-;;. The molecule has 1 aliphatic carbocycles. The lowest BCUT2D eigenvalue weighted by molar-refractivity contribution is -0.105. The number of carbonyl (C=O) groups is 2. The van der Waals surface area contributed by atoms with E-state index < -0.39 is 0 Å². The molecule has 174 valence electrons. The first kappa shape index (κ1) is 25.7. The number of nitrogens with zero attached hydrogens (tertiary/aromatic N) is 1. The molecule has 1 aromatic heterocycles. The van der Waals surface area contributed by atoms with Gasteiger partial charge in [0.1, 0.15) is 17.2 Å². The molecule has 4 rings (SSSR count). The molecule has 1 fully saturated rings. The fourth-order valence-corrected chi connectivity index (χ4v) is 2.77. The van der Waals surface area contributed by atoms with Gasteiger partial charge in [0.25, 0.3) is 5.91 Å². The van der Waals surface area contributed by atoms with Crippen LogP contribution in [0.25, 0.3) is 6.08 Å². The van der Waals surface area contributed by atoms with Crippen LogP contribution in [0.4, 0.5) is 0 Å². The van der Waals surface area contributed by atoms with Crippen molar-refractivity contribution in [2.45, 2.75) is 40.5 Å². The van der Waals surface area contributed by atoms with Crippen molar-refractivity contribution >= 4 is 18.3 Å². The maximum Gasteiger partial charge on any atom is 0.272 e. The SMILES string of the molecule is CC.CC1CC1.Cc1ccccc1Oc1ccc(/C=C(/C=O)NC(=O)c2cccn2C)cc1. The molecule has 0 bridgehead atoms. The minimum Gasteiger partial charge on any atom is -0.457 e. The third-order valence-electron chi connectivity index (χ3n) is 4.95. The van der Waals surface area contributed by atoms with Gasteiger partial charge in [-0.2, -0.15) is 0 Å². The minimum absolute atomic E-state index is 0.189. The zero-order valence-corrected chi connectivity index (χ0v) is 20.2. The van der Waals surface area contributed by atoms with Crippen molar-refractivity contribution in [3.8, 4) is 11.5 Å². The van der Waals surface area contributed by atoms with E-state index in [1.54, 1.807) is 36.0 Å². The number of para-hydroxylation sites is 1. The van der Waals surface area contributed by atoms with Crippen molar-refractivity contribution in [2.75, 3.05) is 0 Å². The molecule has 0 spiro atoms. The minimum atomic E-state index is -0.333. The molecular formula is C28H34N2O3. The molecule has 1 aliphatic rings. The molecule has 0 saturated heterocycles. The molecule has 1 heterocycles. The number of nitrogens with one attached hydrogen (secondary N) is 1. The van der Waals surface area contributed by atoms with Crippen molar-refractivity contribution in [1.82, 2.24) is 9.88 Å². The zero-order chi connectivity index (χ0) is 24.2. The number of hydrogen-bond donors (Lipinski definition) is 1. The number of ether oxygens (including phenoxy) is 1. The number of carbonyl (C=O) groups excluding carboxylic acids is 2. The summed E-state index contributed by atoms with van der Waals surface area (Å²) in [6.07, 6.45) is 6.98. The summed E-state index contributed by atoms with van der Waals surface area (Å²) in [5, 5.41) is 2.62. The van der Waals surface area contributed by atoms with Crippen molar-refractivity contribution < 1.29 is 14.3 Å². The number of aromatic nitrogens is 1. The lowest BCUT2D eigenvalue weighted by Gasteiger charge is -2.09. The number of amides is 1. The van der Waals surface area contributed by atoms with Gasteiger partial charge in [0, 0.05) is 13.2 Å². The Hall–Kier alpha value is -3.60. The summed E-state index contributed by atoms with van der Waals surface area (Å²) in [7, 11) is 1.77. The van der Waals surface area contributed by atoms with Crippen LogP contribution < -0.4 is 10.1 Å². The zero-order valence-electron chi connectivity index (χ0n) is 20.2. The third kappa shape index (κ3) is 8.45. The lowest BCUT2D eigenvalue weighted by atomic mass is 10.2. The van der Waals surface area contributed by atoms with Gasteiger partial charge < -0.3 is 14.6 Å². The summed E-state index contributed by atoms with van der Waals surface area (Å²) >= 11 is 0. The van der Waals surface area contributed by atoms with E-state index in [4.69, 9.17) is 4.74 Å². The molecule has 1 N–H and O–H groups in total. The van der Waals surface area contributed by atoms with Crippen LogP contribution in [-0.4, -0.2) is 16.8 Å². The predicted molar refractivity (Wildman–Crippen MR) is 134 cm³/mol. The average molecular weight is 447 g/mol. The van der Waals surface area contributed by atoms with Crippen LogP contribution >= 0.6 is 0 Å². The predicted octanol–water partition coefficient (Wildman–Crippen LogP) is 6.54. The summed E-state index contributed by atoms with van der Waals surface area (Å²) in [5.74, 6) is 2.24. The maximum absolute atomic E-state index is 12.2. The Morgan fingerprint density at radius 1 is 1.03 bits per heavy atom. The third-order valence-corrected chi connectivity index (χ3v) is 4.95. The highest BCUT2D eigenvalue weighted by Crippen LogP contribution is 2.27. The number of rotatable bonds is 6. The highest BCUT2D eigenvalue weighted by Gasteiger charge is 2.12. The maximum atomic E-state index is 12.2. The van der Waals surface area contributed by atoms with E-state index in [1.807, 2.05) is 69.3 Å². The van der Waals surface area contributed by atoms with Gasteiger partial charge in [0.05, 0.1) is 5.70 Å². The van der Waals surface area contributed by atoms with Gasteiger partial charge in [-0.05, 0) is 60.4 Å². The van der Waals surface area contributed by atoms with Crippen LogP contribution in [-0.2, 0) is 11.8 Å². The molecule has 0 atom stereocenters. The van der Waals surface area contributed by atoms with Gasteiger partial charge in [-0.1, -0.05) is 63.9 Å². The Kier molecular flexibility index (Phi) is 10.2. The van der Waals surface area contributed by atoms with Gasteiger partial charge in [-0.15, -0.1) is 0 Å². The molecule has 3 aromatic rings. The summed E-state index contributed by atoms with van der Waals surface area (Å²) in [6, 6.07) is 18.5. The van der Waals surface area contributed by atoms with Crippen molar-refractivity contribution in [1.29, 1.82) is 0 Å². The molecule has 5 nitrogen and oxygen atoms in total. The Bertz CT molecular complexity index is 1060. The quantitative estimate of drug-likeness (QED) is 0.345. The number of aryl methyl sites for hydroxylation is 2. The summed E-state index contributed by atoms with van der Waals surface area (Å²) in [5.41, 5.74) is 2.49. The molecule has 2 aromatic carbocycles. The van der Waals surface area contributed by atoms with E-state index in [-0.39, 0.29) is 11.6 Å². The largest absolute Gasteiger partial charge is 0.457 e. The molecule has 0 radical (unpaired) electrons.